The molecule has 2 aromatic carbocycles. The summed E-state index contributed by atoms with van der Waals surface area (Å²) in [6.07, 6.45) is -1.25. The van der Waals surface area contributed by atoms with Crippen molar-refractivity contribution < 1.29 is 17.9 Å². The van der Waals surface area contributed by atoms with E-state index in [1.165, 1.54) is 24.3 Å². The number of imidazole rings is 1. The lowest BCUT2D eigenvalue weighted by atomic mass is 10.3. The lowest BCUT2D eigenvalue weighted by molar-refractivity contribution is -0.274. The average Bonchev–Trinajstić information content (AvgIpc) is 3.05. The van der Waals surface area contributed by atoms with Crippen LogP contribution in [0.5, 0.6) is 5.75 Å². The monoisotopic (exact) mass is 422 g/mol. The van der Waals surface area contributed by atoms with Gasteiger partial charge in [0.1, 0.15) is 5.75 Å². The molecule has 0 amide bonds. The first-order chi connectivity index (χ1) is 12.4. The van der Waals surface area contributed by atoms with Crippen LogP contribution in [-0.4, -0.2) is 20.7 Å². The molecular weight excluding hydrogens is 413 g/mol. The number of benzene rings is 2. The predicted molar refractivity (Wildman–Crippen MR) is 94.6 cm³/mol. The van der Waals surface area contributed by atoms with Gasteiger partial charge in [-0.05, 0) is 52.3 Å². The fraction of sp³-hybridized carbons (Fsp3) is 0.0588. The highest BCUT2D eigenvalue weighted by Gasteiger charge is 2.30. The summed E-state index contributed by atoms with van der Waals surface area (Å²) in [6, 6.07) is 11.1. The average molecular weight is 423 g/mol. The molecule has 9 heteroatoms. The zero-order valence-electron chi connectivity index (χ0n) is 13.0. The third-order valence-electron chi connectivity index (χ3n) is 3.64. The number of hydrogen-bond acceptors (Lipinski definition) is 4. The molecule has 0 saturated heterocycles. The Morgan fingerprint density at radius 1 is 1.08 bits per heavy atom. The molecule has 4 aromatic rings. The Labute approximate surface area is 153 Å². The summed E-state index contributed by atoms with van der Waals surface area (Å²) in [7, 11) is 0. The molecule has 2 heterocycles. The smallest absolute Gasteiger partial charge is 0.406 e. The number of para-hydroxylation sites is 1. The Bertz CT molecular complexity index is 1090. The van der Waals surface area contributed by atoms with Gasteiger partial charge in [0.15, 0.2) is 11.5 Å². The summed E-state index contributed by atoms with van der Waals surface area (Å²) in [4.78, 5) is 8.89. The van der Waals surface area contributed by atoms with Crippen LogP contribution in [0.2, 0.25) is 0 Å². The number of alkyl halides is 3. The van der Waals surface area contributed by atoms with E-state index in [9.17, 15) is 13.2 Å². The van der Waals surface area contributed by atoms with E-state index in [0.29, 0.717) is 17.2 Å². The Morgan fingerprint density at radius 2 is 1.85 bits per heavy atom. The molecule has 0 fully saturated rings. The third kappa shape index (κ3) is 3.17. The number of rotatable bonds is 3. The minimum absolute atomic E-state index is 0.288. The van der Waals surface area contributed by atoms with Crippen LogP contribution in [0.15, 0.2) is 59.3 Å². The number of aromatic nitrogens is 3. The van der Waals surface area contributed by atoms with Gasteiger partial charge in [0.05, 0.1) is 11.0 Å². The third-order valence-corrected chi connectivity index (χ3v) is 4.28. The van der Waals surface area contributed by atoms with Gasteiger partial charge in [-0.1, -0.05) is 6.07 Å². The highest BCUT2D eigenvalue weighted by atomic mass is 79.9. The quantitative estimate of drug-likeness (QED) is 0.487. The number of hydrogen-bond donors (Lipinski definition) is 1. The first-order valence-electron chi connectivity index (χ1n) is 7.45. The number of nitrogens with one attached hydrogen (secondary N) is 1. The van der Waals surface area contributed by atoms with Crippen molar-refractivity contribution in [1.82, 2.24) is 14.4 Å². The van der Waals surface area contributed by atoms with E-state index in [4.69, 9.17) is 0 Å². The van der Waals surface area contributed by atoms with Crippen LogP contribution in [0, 0.1) is 0 Å². The highest BCUT2D eigenvalue weighted by Crippen LogP contribution is 2.29. The maximum absolute atomic E-state index is 12.2. The van der Waals surface area contributed by atoms with Crippen molar-refractivity contribution in [3.8, 4) is 5.75 Å². The van der Waals surface area contributed by atoms with Crippen molar-refractivity contribution in [2.45, 2.75) is 6.36 Å². The molecule has 0 aliphatic rings. The molecule has 0 aliphatic carbocycles. The zero-order chi connectivity index (χ0) is 18.3. The Hall–Kier alpha value is -2.81. The molecule has 5 nitrogen and oxygen atoms in total. The van der Waals surface area contributed by atoms with Gasteiger partial charge in [0, 0.05) is 22.6 Å². The summed E-state index contributed by atoms with van der Waals surface area (Å²) in [5, 5.41) is 3.09. The molecule has 1 N–H and O–H groups in total. The summed E-state index contributed by atoms with van der Waals surface area (Å²) < 4.78 is 43.4. The zero-order valence-corrected chi connectivity index (χ0v) is 14.5. The minimum Gasteiger partial charge on any atom is -0.406 e. The van der Waals surface area contributed by atoms with E-state index in [2.05, 4.69) is 36.0 Å². The topological polar surface area (TPSA) is 51.5 Å². The van der Waals surface area contributed by atoms with E-state index >= 15 is 0 Å². The Morgan fingerprint density at radius 3 is 2.58 bits per heavy atom. The van der Waals surface area contributed by atoms with Gasteiger partial charge < -0.3 is 10.1 Å². The highest BCUT2D eigenvalue weighted by molar-refractivity contribution is 9.10. The van der Waals surface area contributed by atoms with Gasteiger partial charge in [-0.3, -0.25) is 4.40 Å². The molecule has 4 rings (SSSR count). The lowest BCUT2D eigenvalue weighted by Gasteiger charge is -2.12. The van der Waals surface area contributed by atoms with E-state index in [-0.39, 0.29) is 5.75 Å². The van der Waals surface area contributed by atoms with Crippen LogP contribution in [0.4, 0.5) is 24.7 Å². The van der Waals surface area contributed by atoms with Crippen molar-refractivity contribution >= 4 is 44.1 Å². The number of nitrogens with zero attached hydrogens (tertiary/aromatic N) is 3. The molecule has 0 unspecified atom stereocenters. The number of ether oxygens (including phenoxy) is 1. The predicted octanol–water partition coefficient (Wildman–Crippen LogP) is 5.29. The minimum atomic E-state index is -4.72. The van der Waals surface area contributed by atoms with E-state index in [1.807, 2.05) is 28.8 Å². The molecular formula is C17H10BrF3N4O. The van der Waals surface area contributed by atoms with Crippen molar-refractivity contribution in [3.05, 3.63) is 59.3 Å². The van der Waals surface area contributed by atoms with Gasteiger partial charge in [-0.25, -0.2) is 9.97 Å². The second kappa shape index (κ2) is 6.17. The SMILES string of the molecule is FC(F)(F)Oc1ccc(Nc2nc3cccc(Br)c3n3ccnc23)cc1. The fourth-order valence-corrected chi connectivity index (χ4v) is 3.17. The number of anilines is 2. The molecule has 0 radical (unpaired) electrons. The molecule has 0 atom stereocenters. The summed E-state index contributed by atoms with van der Waals surface area (Å²) >= 11 is 3.51. The largest absolute Gasteiger partial charge is 0.573 e. The molecule has 132 valence electrons. The van der Waals surface area contributed by atoms with Gasteiger partial charge in [-0.15, -0.1) is 13.2 Å². The summed E-state index contributed by atoms with van der Waals surface area (Å²) in [5.41, 5.74) is 2.77. The summed E-state index contributed by atoms with van der Waals surface area (Å²) in [6.45, 7) is 0. The van der Waals surface area contributed by atoms with Crippen LogP contribution >= 0.6 is 15.9 Å². The summed E-state index contributed by atoms with van der Waals surface area (Å²) in [5.74, 6) is 0.203. The maximum atomic E-state index is 12.2. The second-order valence-electron chi connectivity index (χ2n) is 5.39. The van der Waals surface area contributed by atoms with Crippen LogP contribution in [0.1, 0.15) is 0 Å². The molecule has 0 saturated carbocycles. The van der Waals surface area contributed by atoms with Crippen molar-refractivity contribution in [2.24, 2.45) is 0 Å². The van der Waals surface area contributed by atoms with Crippen LogP contribution in [0.3, 0.4) is 0 Å². The first kappa shape index (κ1) is 16.6. The van der Waals surface area contributed by atoms with Gasteiger partial charge in [0.2, 0.25) is 0 Å². The first-order valence-corrected chi connectivity index (χ1v) is 8.24. The standard InChI is InChI=1S/C17H10BrF3N4O/c18-12-2-1-3-13-14(12)25-9-8-22-16(25)15(24-13)23-10-4-6-11(7-5-10)26-17(19,20)21/h1-9H,(H,23,24). The van der Waals surface area contributed by atoms with E-state index < -0.39 is 6.36 Å². The molecule has 0 bridgehead atoms. The normalized spacial score (nSPS) is 11.8. The van der Waals surface area contributed by atoms with Crippen LogP contribution < -0.4 is 10.1 Å². The fourth-order valence-electron chi connectivity index (χ4n) is 2.62. The molecule has 26 heavy (non-hydrogen) atoms. The van der Waals surface area contributed by atoms with E-state index in [0.717, 1.165) is 15.5 Å². The van der Waals surface area contributed by atoms with Crippen molar-refractivity contribution in [2.75, 3.05) is 5.32 Å². The van der Waals surface area contributed by atoms with Gasteiger partial charge in [-0.2, -0.15) is 0 Å². The van der Waals surface area contributed by atoms with Crippen LogP contribution in [-0.2, 0) is 0 Å². The van der Waals surface area contributed by atoms with Crippen molar-refractivity contribution in [3.63, 3.8) is 0 Å². The second-order valence-corrected chi connectivity index (χ2v) is 6.24. The van der Waals surface area contributed by atoms with Gasteiger partial charge >= 0.3 is 6.36 Å². The van der Waals surface area contributed by atoms with E-state index in [1.54, 1.807) is 6.20 Å². The number of fused-ring (bicyclic) bond motifs is 3. The molecule has 0 spiro atoms. The number of halogens is 4. The lowest BCUT2D eigenvalue weighted by Crippen LogP contribution is -2.17. The van der Waals surface area contributed by atoms with Gasteiger partial charge in [0.25, 0.3) is 0 Å². The Kier molecular flexibility index (Phi) is 3.95. The molecule has 2 aromatic heterocycles. The van der Waals surface area contributed by atoms with Crippen LogP contribution in [0.25, 0.3) is 16.7 Å². The van der Waals surface area contributed by atoms with Crippen molar-refractivity contribution in [1.29, 1.82) is 0 Å². The molecule has 0 aliphatic heterocycles. The maximum Gasteiger partial charge on any atom is 0.573 e. The Balaban J connectivity index is 1.72.